The van der Waals surface area contributed by atoms with Crippen LogP contribution in [0, 0.1) is 13.8 Å². The van der Waals surface area contributed by atoms with Gasteiger partial charge in [0.1, 0.15) is 5.69 Å². The smallest absolute Gasteiger partial charge is 0.373 e. The van der Waals surface area contributed by atoms with Crippen LogP contribution in [0.15, 0.2) is 8.83 Å². The van der Waals surface area contributed by atoms with Gasteiger partial charge < -0.3 is 13.9 Å². The van der Waals surface area contributed by atoms with E-state index in [0.717, 1.165) is 0 Å². The first-order valence-corrected chi connectivity index (χ1v) is 5.89. The van der Waals surface area contributed by atoms with Crippen molar-refractivity contribution < 1.29 is 18.7 Å². The van der Waals surface area contributed by atoms with E-state index in [4.69, 9.17) is 8.83 Å². The van der Waals surface area contributed by atoms with Gasteiger partial charge in [0.15, 0.2) is 5.89 Å². The highest BCUT2D eigenvalue weighted by molar-refractivity contribution is 5.86. The minimum absolute atomic E-state index is 0.153. The third-order valence-electron chi connectivity index (χ3n) is 2.63. The van der Waals surface area contributed by atoms with E-state index in [1.807, 2.05) is 20.8 Å². The lowest BCUT2D eigenvalue weighted by Crippen LogP contribution is -2.16. The molecule has 2 rings (SSSR count). The summed E-state index contributed by atoms with van der Waals surface area (Å²) in [6, 6.07) is 0. The number of carboxylic acids is 1. The Morgan fingerprint density at radius 3 is 2.16 bits per heavy atom. The summed E-state index contributed by atoms with van der Waals surface area (Å²) in [7, 11) is 0. The van der Waals surface area contributed by atoms with Gasteiger partial charge in [0.2, 0.25) is 11.5 Å². The first-order valence-electron chi connectivity index (χ1n) is 5.89. The fourth-order valence-electron chi connectivity index (χ4n) is 1.80. The van der Waals surface area contributed by atoms with Crippen molar-refractivity contribution in [2.45, 2.75) is 40.0 Å². The van der Waals surface area contributed by atoms with Crippen LogP contribution in [0.4, 0.5) is 0 Å². The molecule has 0 saturated carbocycles. The van der Waals surface area contributed by atoms with Crippen LogP contribution in [-0.4, -0.2) is 21.0 Å². The summed E-state index contributed by atoms with van der Waals surface area (Å²) in [5, 5.41) is 9.18. The average molecular weight is 264 g/mol. The van der Waals surface area contributed by atoms with E-state index in [1.54, 1.807) is 13.8 Å². The molecule has 0 aliphatic heterocycles. The van der Waals surface area contributed by atoms with Gasteiger partial charge in [0.05, 0.1) is 5.69 Å². The van der Waals surface area contributed by atoms with Gasteiger partial charge in [0.25, 0.3) is 5.89 Å². The molecule has 19 heavy (non-hydrogen) atoms. The Bertz CT molecular complexity index is 632. The molecule has 0 aliphatic carbocycles. The Morgan fingerprint density at radius 2 is 1.79 bits per heavy atom. The first kappa shape index (κ1) is 13.3. The maximum absolute atomic E-state index is 11.2. The van der Waals surface area contributed by atoms with Gasteiger partial charge in [0, 0.05) is 12.3 Å². The molecule has 0 unspecified atom stereocenters. The molecule has 0 bridgehead atoms. The monoisotopic (exact) mass is 264 g/mol. The quantitative estimate of drug-likeness (QED) is 0.896. The minimum atomic E-state index is -1.14. The van der Waals surface area contributed by atoms with Crippen LogP contribution < -0.4 is 0 Å². The largest absolute Gasteiger partial charge is 0.475 e. The zero-order valence-electron chi connectivity index (χ0n) is 11.6. The molecule has 0 spiro atoms. The van der Waals surface area contributed by atoms with Crippen molar-refractivity contribution >= 4 is 5.97 Å². The van der Waals surface area contributed by atoms with Crippen molar-refractivity contribution in [3.63, 3.8) is 0 Å². The molecule has 6 nitrogen and oxygen atoms in total. The van der Waals surface area contributed by atoms with E-state index in [1.165, 1.54) is 0 Å². The van der Waals surface area contributed by atoms with Crippen molar-refractivity contribution in [2.75, 3.05) is 0 Å². The summed E-state index contributed by atoms with van der Waals surface area (Å²) in [6.45, 7) is 9.09. The summed E-state index contributed by atoms with van der Waals surface area (Å²) >= 11 is 0. The number of nitrogens with zero attached hydrogens (tertiary/aromatic N) is 2. The third kappa shape index (κ3) is 2.38. The highest BCUT2D eigenvalue weighted by atomic mass is 16.4. The van der Waals surface area contributed by atoms with Crippen molar-refractivity contribution in [1.82, 2.24) is 9.97 Å². The maximum atomic E-state index is 11.2. The van der Waals surface area contributed by atoms with Gasteiger partial charge in [-0.25, -0.2) is 14.8 Å². The number of hydrogen-bond donors (Lipinski definition) is 1. The fraction of sp³-hybridized carbons (Fsp3) is 0.462. The standard InChI is InChI=1S/C13H16N2O4/c1-6-8(18-7(2)14-6)11-15-10(13(3,4)5)9(19-11)12(16)17/h1-5H3,(H,16,17). The topological polar surface area (TPSA) is 89.4 Å². The maximum Gasteiger partial charge on any atom is 0.373 e. The van der Waals surface area contributed by atoms with Gasteiger partial charge in [-0.15, -0.1) is 0 Å². The summed E-state index contributed by atoms with van der Waals surface area (Å²) in [5.41, 5.74) is 0.581. The van der Waals surface area contributed by atoms with Crippen LogP contribution in [0.3, 0.4) is 0 Å². The second-order valence-electron chi connectivity index (χ2n) is 5.40. The zero-order chi connectivity index (χ0) is 14.4. The minimum Gasteiger partial charge on any atom is -0.475 e. The molecule has 0 atom stereocenters. The molecular weight excluding hydrogens is 248 g/mol. The van der Waals surface area contributed by atoms with Gasteiger partial charge in [-0.1, -0.05) is 20.8 Å². The predicted molar refractivity (Wildman–Crippen MR) is 67.1 cm³/mol. The number of oxazole rings is 2. The lowest BCUT2D eigenvalue weighted by Gasteiger charge is -2.14. The Morgan fingerprint density at radius 1 is 1.16 bits per heavy atom. The Balaban J connectivity index is 2.61. The number of carboxylic acid groups (broad SMARTS) is 1. The van der Waals surface area contributed by atoms with Crippen molar-refractivity contribution in [2.24, 2.45) is 0 Å². The molecule has 0 aromatic carbocycles. The number of aromatic carboxylic acids is 1. The molecule has 0 fully saturated rings. The number of aromatic nitrogens is 2. The molecule has 0 amide bonds. The summed E-state index contributed by atoms with van der Waals surface area (Å²) in [4.78, 5) is 19.6. The van der Waals surface area contributed by atoms with Crippen LogP contribution in [0.1, 0.15) is 48.6 Å². The number of carbonyl (C=O) groups is 1. The van der Waals surface area contributed by atoms with Gasteiger partial charge >= 0.3 is 5.97 Å². The lowest BCUT2D eigenvalue weighted by atomic mass is 9.91. The Hall–Kier alpha value is -2.11. The first-order chi connectivity index (χ1) is 8.70. The summed E-state index contributed by atoms with van der Waals surface area (Å²) in [6.07, 6.45) is 0. The number of hydrogen-bond acceptors (Lipinski definition) is 5. The molecule has 1 N–H and O–H groups in total. The fourth-order valence-corrected chi connectivity index (χ4v) is 1.80. The van der Waals surface area contributed by atoms with Gasteiger partial charge in [-0.3, -0.25) is 0 Å². The average Bonchev–Trinajstić information content (AvgIpc) is 2.80. The van der Waals surface area contributed by atoms with Gasteiger partial charge in [-0.05, 0) is 6.92 Å². The van der Waals surface area contributed by atoms with Crippen LogP contribution in [0.25, 0.3) is 11.7 Å². The summed E-state index contributed by atoms with van der Waals surface area (Å²) < 4.78 is 10.7. The number of aryl methyl sites for hydroxylation is 2. The lowest BCUT2D eigenvalue weighted by molar-refractivity contribution is 0.0659. The number of rotatable bonds is 2. The van der Waals surface area contributed by atoms with Crippen molar-refractivity contribution in [1.29, 1.82) is 0 Å². The Labute approximate surface area is 110 Å². The van der Waals surface area contributed by atoms with Crippen LogP contribution >= 0.6 is 0 Å². The van der Waals surface area contributed by atoms with E-state index in [9.17, 15) is 9.90 Å². The predicted octanol–water partition coefficient (Wildman–Crippen LogP) is 2.94. The van der Waals surface area contributed by atoms with E-state index in [0.29, 0.717) is 23.0 Å². The Kier molecular flexibility index (Phi) is 2.96. The second-order valence-corrected chi connectivity index (χ2v) is 5.40. The SMILES string of the molecule is Cc1nc(C)c(-c2nc(C(C)(C)C)c(C(=O)O)o2)o1. The highest BCUT2D eigenvalue weighted by Crippen LogP contribution is 2.31. The van der Waals surface area contributed by atoms with E-state index >= 15 is 0 Å². The molecule has 6 heteroatoms. The van der Waals surface area contributed by atoms with E-state index in [-0.39, 0.29) is 11.7 Å². The molecule has 102 valence electrons. The van der Waals surface area contributed by atoms with Crippen LogP contribution in [-0.2, 0) is 5.41 Å². The van der Waals surface area contributed by atoms with Gasteiger partial charge in [-0.2, -0.15) is 0 Å². The zero-order valence-corrected chi connectivity index (χ0v) is 11.6. The molecule has 2 aromatic heterocycles. The summed E-state index contributed by atoms with van der Waals surface area (Å²) in [5.74, 6) is -0.288. The molecule has 0 aliphatic rings. The normalized spacial score (nSPS) is 11.8. The van der Waals surface area contributed by atoms with Crippen LogP contribution in [0.5, 0.6) is 0 Å². The second kappa shape index (κ2) is 4.22. The molecule has 0 saturated heterocycles. The highest BCUT2D eigenvalue weighted by Gasteiger charge is 2.30. The van der Waals surface area contributed by atoms with E-state index < -0.39 is 11.4 Å². The van der Waals surface area contributed by atoms with Crippen molar-refractivity contribution in [3.05, 3.63) is 23.0 Å². The molecule has 2 heterocycles. The molecule has 2 aromatic rings. The van der Waals surface area contributed by atoms with Crippen molar-refractivity contribution in [3.8, 4) is 11.7 Å². The third-order valence-corrected chi connectivity index (χ3v) is 2.63. The molecule has 0 radical (unpaired) electrons. The molecular formula is C13H16N2O4. The van der Waals surface area contributed by atoms with E-state index in [2.05, 4.69) is 9.97 Å². The van der Waals surface area contributed by atoms with Crippen LogP contribution in [0.2, 0.25) is 0 Å².